The van der Waals surface area contributed by atoms with Crippen LogP contribution in [0.25, 0.3) is 16.7 Å². The highest BCUT2D eigenvalue weighted by Gasteiger charge is 2.20. The van der Waals surface area contributed by atoms with Crippen LogP contribution < -0.4 is 5.43 Å². The molecule has 0 radical (unpaired) electrons. The van der Waals surface area contributed by atoms with E-state index in [0.717, 1.165) is 29.0 Å². The summed E-state index contributed by atoms with van der Waals surface area (Å²) in [5.74, 6) is -4.12. The van der Waals surface area contributed by atoms with E-state index in [4.69, 9.17) is 0 Å². The first kappa shape index (κ1) is 16.7. The first-order valence-electron chi connectivity index (χ1n) is 7.27. The Balaban J connectivity index is 2.50. The van der Waals surface area contributed by atoms with Gasteiger partial charge in [0.05, 0.1) is 16.8 Å². The fraction of sp³-hybridized carbons (Fsp3) is 0.118. The third-order valence-electron chi connectivity index (χ3n) is 3.74. The molecule has 25 heavy (non-hydrogen) atoms. The Morgan fingerprint density at radius 3 is 2.52 bits per heavy atom. The lowest BCUT2D eigenvalue weighted by molar-refractivity contribution is 0.0695. The van der Waals surface area contributed by atoms with Crippen molar-refractivity contribution in [1.82, 2.24) is 9.55 Å². The molecule has 0 saturated heterocycles. The number of fused-ring (bicyclic) bond motifs is 1. The molecule has 0 amide bonds. The highest BCUT2D eigenvalue weighted by atomic mass is 19.1. The zero-order valence-corrected chi connectivity index (χ0v) is 12.9. The van der Waals surface area contributed by atoms with Crippen molar-refractivity contribution in [3.05, 3.63) is 69.4 Å². The van der Waals surface area contributed by atoms with Crippen LogP contribution in [0.15, 0.2) is 35.3 Å². The molecular weight excluding hydrogens is 337 g/mol. The number of halogens is 3. The van der Waals surface area contributed by atoms with Crippen LogP contribution in [-0.4, -0.2) is 20.6 Å². The maximum absolute atomic E-state index is 14.2. The van der Waals surface area contributed by atoms with E-state index in [1.807, 2.05) is 0 Å². The molecule has 0 unspecified atom stereocenters. The summed E-state index contributed by atoms with van der Waals surface area (Å²) in [4.78, 5) is 27.6. The van der Waals surface area contributed by atoms with Crippen molar-refractivity contribution in [1.29, 1.82) is 0 Å². The number of aryl methyl sites for hydroxylation is 1. The van der Waals surface area contributed by atoms with Crippen molar-refractivity contribution in [2.75, 3.05) is 0 Å². The van der Waals surface area contributed by atoms with Gasteiger partial charge in [0.1, 0.15) is 28.7 Å². The van der Waals surface area contributed by atoms with Crippen LogP contribution in [0.5, 0.6) is 0 Å². The second kappa shape index (κ2) is 6.04. The Hall–Kier alpha value is -3.16. The highest BCUT2D eigenvalue weighted by molar-refractivity contribution is 5.92. The molecule has 3 rings (SSSR count). The molecule has 0 fully saturated rings. The van der Waals surface area contributed by atoms with Gasteiger partial charge in [-0.2, -0.15) is 0 Å². The highest BCUT2D eigenvalue weighted by Crippen LogP contribution is 2.21. The average molecular weight is 348 g/mol. The Morgan fingerprint density at radius 2 is 1.92 bits per heavy atom. The molecule has 1 N–H and O–H groups in total. The topological polar surface area (TPSA) is 72.2 Å². The zero-order valence-electron chi connectivity index (χ0n) is 12.9. The maximum Gasteiger partial charge on any atom is 0.341 e. The van der Waals surface area contributed by atoms with Crippen LogP contribution >= 0.6 is 0 Å². The number of nitrogens with zero attached hydrogens (tertiary/aromatic N) is 2. The van der Waals surface area contributed by atoms with Crippen molar-refractivity contribution in [3.63, 3.8) is 0 Å². The molecule has 2 aromatic heterocycles. The normalized spacial score (nSPS) is 11.0. The smallest absolute Gasteiger partial charge is 0.341 e. The standard InChI is InChI=1S/C17H11F3N2O3/c1-2-13-11(19)6-9-15(23)10(17(24)25)7-22(16(9)21-13)14-4-3-8(18)5-12(14)20/h3-7H,2H2,1H3,(H,24,25). The number of benzene rings is 1. The van der Waals surface area contributed by atoms with Crippen molar-refractivity contribution in [3.8, 4) is 5.69 Å². The Labute approximate surface area is 139 Å². The van der Waals surface area contributed by atoms with Crippen LogP contribution in [0, 0.1) is 17.5 Å². The molecule has 0 aliphatic rings. The van der Waals surface area contributed by atoms with E-state index in [0.29, 0.717) is 6.07 Å². The summed E-state index contributed by atoms with van der Waals surface area (Å²) in [6.45, 7) is 1.64. The number of carboxylic acid groups (broad SMARTS) is 1. The molecule has 128 valence electrons. The van der Waals surface area contributed by atoms with Gasteiger partial charge in [0.2, 0.25) is 5.43 Å². The van der Waals surface area contributed by atoms with Crippen molar-refractivity contribution >= 4 is 17.0 Å². The molecule has 3 aromatic rings. The number of rotatable bonds is 3. The summed E-state index contributed by atoms with van der Waals surface area (Å²) in [5, 5.41) is 8.89. The summed E-state index contributed by atoms with van der Waals surface area (Å²) in [6.07, 6.45) is 1.11. The van der Waals surface area contributed by atoms with Crippen molar-refractivity contribution in [2.45, 2.75) is 13.3 Å². The van der Waals surface area contributed by atoms with Gasteiger partial charge >= 0.3 is 5.97 Å². The third-order valence-corrected chi connectivity index (χ3v) is 3.74. The molecule has 5 nitrogen and oxygen atoms in total. The van der Waals surface area contributed by atoms with Crippen LogP contribution in [0.3, 0.4) is 0 Å². The number of aromatic carboxylic acids is 1. The molecule has 0 spiro atoms. The van der Waals surface area contributed by atoms with Gasteiger partial charge in [0.25, 0.3) is 0 Å². The molecule has 1 aromatic carbocycles. The Kier molecular flexibility index (Phi) is 4.03. The van der Waals surface area contributed by atoms with Gasteiger partial charge < -0.3 is 5.11 Å². The number of hydrogen-bond acceptors (Lipinski definition) is 3. The molecule has 2 heterocycles. The SMILES string of the molecule is CCc1nc2c(cc1F)c(=O)c(C(=O)O)cn2-c1ccc(F)cc1F. The van der Waals surface area contributed by atoms with Crippen LogP contribution in [0.2, 0.25) is 0 Å². The number of hydrogen-bond donors (Lipinski definition) is 1. The first-order chi connectivity index (χ1) is 11.8. The fourth-order valence-corrected chi connectivity index (χ4v) is 2.52. The number of aromatic nitrogens is 2. The molecule has 0 bridgehead atoms. The van der Waals surface area contributed by atoms with E-state index in [1.165, 1.54) is 0 Å². The van der Waals surface area contributed by atoms with Gasteiger partial charge in [-0.05, 0) is 24.6 Å². The largest absolute Gasteiger partial charge is 0.477 e. The second-order valence-corrected chi connectivity index (χ2v) is 5.28. The summed E-state index contributed by atoms with van der Waals surface area (Å²) in [5.41, 5.74) is -1.91. The van der Waals surface area contributed by atoms with Gasteiger partial charge in [0.15, 0.2) is 0 Å². The van der Waals surface area contributed by atoms with Crippen LogP contribution in [-0.2, 0) is 6.42 Å². The van der Waals surface area contributed by atoms with Gasteiger partial charge in [-0.1, -0.05) is 6.92 Å². The summed E-state index contributed by atoms with van der Waals surface area (Å²) in [6, 6.07) is 3.56. The fourth-order valence-electron chi connectivity index (χ4n) is 2.52. The summed E-state index contributed by atoms with van der Waals surface area (Å²) in [7, 11) is 0. The molecule has 8 heteroatoms. The minimum atomic E-state index is -1.55. The molecule has 0 saturated carbocycles. The lowest BCUT2D eigenvalue weighted by atomic mass is 10.1. The van der Waals surface area contributed by atoms with Gasteiger partial charge in [-0.15, -0.1) is 0 Å². The van der Waals surface area contributed by atoms with Crippen LogP contribution in [0.4, 0.5) is 13.2 Å². The monoisotopic (exact) mass is 348 g/mol. The average Bonchev–Trinajstić information content (AvgIpc) is 2.55. The van der Waals surface area contributed by atoms with Crippen molar-refractivity contribution in [2.24, 2.45) is 0 Å². The minimum Gasteiger partial charge on any atom is -0.477 e. The van der Waals surface area contributed by atoms with E-state index in [9.17, 15) is 27.9 Å². The predicted molar refractivity (Wildman–Crippen MR) is 83.6 cm³/mol. The van der Waals surface area contributed by atoms with Gasteiger partial charge in [-0.25, -0.2) is 22.9 Å². The molecule has 0 atom stereocenters. The minimum absolute atomic E-state index is 0.0336. The van der Waals surface area contributed by atoms with Crippen molar-refractivity contribution < 1.29 is 23.1 Å². The van der Waals surface area contributed by atoms with E-state index < -0.39 is 34.4 Å². The van der Waals surface area contributed by atoms with E-state index in [2.05, 4.69) is 4.98 Å². The first-order valence-corrected chi connectivity index (χ1v) is 7.27. The van der Waals surface area contributed by atoms with Crippen LogP contribution in [0.1, 0.15) is 23.0 Å². The Bertz CT molecular complexity index is 1080. The molecule has 0 aliphatic heterocycles. The number of pyridine rings is 2. The number of carbonyl (C=O) groups is 1. The zero-order chi connectivity index (χ0) is 18.3. The van der Waals surface area contributed by atoms with E-state index in [-0.39, 0.29) is 28.8 Å². The van der Waals surface area contributed by atoms with Gasteiger partial charge in [-0.3, -0.25) is 9.36 Å². The summed E-state index contributed by atoms with van der Waals surface area (Å²) >= 11 is 0. The predicted octanol–water partition coefficient (Wildman–Crippen LogP) is 3.06. The Morgan fingerprint density at radius 1 is 1.20 bits per heavy atom. The quantitative estimate of drug-likeness (QED) is 0.790. The molecule has 0 aliphatic carbocycles. The van der Waals surface area contributed by atoms with E-state index >= 15 is 0 Å². The lowest BCUT2D eigenvalue weighted by Crippen LogP contribution is -2.20. The lowest BCUT2D eigenvalue weighted by Gasteiger charge is -2.13. The molecular formula is C17H11F3N2O3. The summed E-state index contributed by atoms with van der Waals surface area (Å²) < 4.78 is 42.4. The second-order valence-electron chi connectivity index (χ2n) is 5.28. The number of carboxylic acids is 1. The maximum atomic E-state index is 14.2. The van der Waals surface area contributed by atoms with E-state index in [1.54, 1.807) is 6.92 Å². The third kappa shape index (κ3) is 2.75. The van der Waals surface area contributed by atoms with Gasteiger partial charge in [0, 0.05) is 12.3 Å².